The maximum absolute atomic E-state index is 13.2. The maximum atomic E-state index is 13.2. The molecule has 2 aromatic heterocycles. The van der Waals surface area contributed by atoms with Crippen LogP contribution in [-0.2, 0) is 24.4 Å². The summed E-state index contributed by atoms with van der Waals surface area (Å²) in [4.78, 5) is 54.4. The molecule has 32 heavy (non-hydrogen) atoms. The van der Waals surface area contributed by atoms with Crippen LogP contribution in [0.4, 0.5) is 5.69 Å². The molecule has 2 amide bonds. The number of unbranched alkanes of at least 4 members (excludes halogenated alkanes) is 2. The first kappa shape index (κ1) is 23.0. The smallest absolute Gasteiger partial charge is 0.333 e. The Bertz CT molecular complexity index is 1240. The summed E-state index contributed by atoms with van der Waals surface area (Å²) in [6, 6.07) is 6.03. The number of fused-ring (bicyclic) bond motifs is 1. The molecule has 0 saturated heterocycles. The van der Waals surface area contributed by atoms with Crippen molar-refractivity contribution >= 4 is 28.7 Å². The molecular weight excluding hydrogens is 412 g/mol. The molecule has 0 spiro atoms. The van der Waals surface area contributed by atoms with Gasteiger partial charge in [0.1, 0.15) is 6.54 Å². The fourth-order valence-electron chi connectivity index (χ4n) is 3.46. The number of imidazole rings is 1. The molecule has 0 aliphatic carbocycles. The zero-order valence-electron chi connectivity index (χ0n) is 18.3. The molecule has 170 valence electrons. The van der Waals surface area contributed by atoms with Gasteiger partial charge in [0.05, 0.1) is 6.33 Å². The first-order chi connectivity index (χ1) is 15.4. The predicted molar refractivity (Wildman–Crippen MR) is 122 cm³/mol. The van der Waals surface area contributed by atoms with Gasteiger partial charge in [-0.25, -0.2) is 14.3 Å². The van der Waals surface area contributed by atoms with Crippen LogP contribution >= 0.6 is 0 Å². The normalized spacial score (nSPS) is 11.1. The van der Waals surface area contributed by atoms with Crippen molar-refractivity contribution in [3.63, 3.8) is 0 Å². The van der Waals surface area contributed by atoms with Crippen molar-refractivity contribution in [1.82, 2.24) is 18.7 Å². The molecule has 3 rings (SSSR count). The average molecular weight is 441 g/mol. The molecule has 3 aromatic rings. The Kier molecular flexibility index (Phi) is 7.24. The molecule has 10 heteroatoms. The lowest BCUT2D eigenvalue weighted by Gasteiger charge is -2.12. The van der Waals surface area contributed by atoms with Crippen LogP contribution in [0.2, 0.25) is 0 Å². The molecule has 2 heterocycles. The molecule has 0 unspecified atom stereocenters. The van der Waals surface area contributed by atoms with E-state index in [9.17, 15) is 19.2 Å². The summed E-state index contributed by atoms with van der Waals surface area (Å²) < 4.78 is 4.17. The van der Waals surface area contributed by atoms with Crippen LogP contribution in [0.5, 0.6) is 0 Å². The van der Waals surface area contributed by atoms with Crippen molar-refractivity contribution in [1.29, 1.82) is 0 Å². The Labute approximate surface area is 184 Å². The van der Waals surface area contributed by atoms with E-state index >= 15 is 0 Å². The van der Waals surface area contributed by atoms with Crippen molar-refractivity contribution in [2.24, 2.45) is 5.73 Å². The molecule has 1 aromatic carbocycles. The summed E-state index contributed by atoms with van der Waals surface area (Å²) in [6.45, 7) is 4.64. The molecule has 0 fully saturated rings. The van der Waals surface area contributed by atoms with E-state index in [-0.39, 0.29) is 0 Å². The minimum Gasteiger partial charge on any atom is -0.366 e. The van der Waals surface area contributed by atoms with E-state index < -0.39 is 29.6 Å². The number of nitrogens with two attached hydrogens (primary N) is 1. The van der Waals surface area contributed by atoms with Crippen molar-refractivity contribution in [3.8, 4) is 0 Å². The first-order valence-corrected chi connectivity index (χ1v) is 10.8. The topological polar surface area (TPSA) is 134 Å². The fraction of sp³-hybridized carbons (Fsp3) is 0.409. The van der Waals surface area contributed by atoms with Gasteiger partial charge in [-0.15, -0.1) is 0 Å². The van der Waals surface area contributed by atoms with Crippen molar-refractivity contribution in [2.75, 3.05) is 5.32 Å². The highest BCUT2D eigenvalue weighted by atomic mass is 16.2. The number of nitrogens with zero attached hydrogens (tertiary/aromatic N) is 4. The number of benzene rings is 1. The number of hydrogen-bond acceptors (Lipinski definition) is 5. The minimum atomic E-state index is -0.574. The van der Waals surface area contributed by atoms with E-state index in [4.69, 9.17) is 5.73 Å². The Morgan fingerprint density at radius 1 is 1.00 bits per heavy atom. The number of carbonyl (C=O) groups excluding carboxylic acids is 2. The summed E-state index contributed by atoms with van der Waals surface area (Å²) in [5.41, 5.74) is 5.53. The summed E-state index contributed by atoms with van der Waals surface area (Å²) in [7, 11) is 0. The third kappa shape index (κ3) is 4.79. The van der Waals surface area contributed by atoms with Gasteiger partial charge in [-0.3, -0.25) is 19.0 Å². The zero-order valence-corrected chi connectivity index (χ0v) is 18.3. The quantitative estimate of drug-likeness (QED) is 0.495. The van der Waals surface area contributed by atoms with E-state index in [0.717, 1.165) is 30.3 Å². The third-order valence-corrected chi connectivity index (χ3v) is 5.23. The number of nitrogens with one attached hydrogen (secondary N) is 1. The monoisotopic (exact) mass is 440 g/mol. The van der Waals surface area contributed by atoms with Crippen LogP contribution in [0, 0.1) is 0 Å². The molecular formula is C22H28N6O4. The van der Waals surface area contributed by atoms with Gasteiger partial charge in [0.25, 0.3) is 5.56 Å². The Morgan fingerprint density at radius 2 is 1.66 bits per heavy atom. The number of rotatable bonds is 10. The summed E-state index contributed by atoms with van der Waals surface area (Å²) in [6.07, 6.45) is 4.99. The van der Waals surface area contributed by atoms with Crippen molar-refractivity contribution in [2.45, 2.75) is 59.2 Å². The zero-order chi connectivity index (χ0) is 23.3. The van der Waals surface area contributed by atoms with Crippen molar-refractivity contribution in [3.05, 3.63) is 57.0 Å². The lowest BCUT2D eigenvalue weighted by molar-refractivity contribution is -0.116. The van der Waals surface area contributed by atoms with Crippen LogP contribution in [0.1, 0.15) is 49.9 Å². The standard InChI is InChI=1S/C22H28N6O4/c1-3-5-11-26-14-24-20-18(26)21(31)28(22(32)27(20)12-6-4-2)13-17(29)25-16-9-7-15(8-10-16)19(23)30/h7-10,14H,3-6,11-13H2,1-2H3,(H2,23,30)(H,25,29). The van der Waals surface area contributed by atoms with Gasteiger partial charge in [-0.2, -0.15) is 0 Å². The number of amides is 2. The van der Waals surface area contributed by atoms with Crippen LogP contribution < -0.4 is 22.3 Å². The lowest BCUT2D eigenvalue weighted by atomic mass is 10.2. The molecule has 0 radical (unpaired) electrons. The molecule has 10 nitrogen and oxygen atoms in total. The van der Waals surface area contributed by atoms with E-state index in [1.165, 1.54) is 28.8 Å². The summed E-state index contributed by atoms with van der Waals surface area (Å²) in [5.74, 6) is -1.10. The molecule has 3 N–H and O–H groups in total. The van der Waals surface area contributed by atoms with Gasteiger partial charge >= 0.3 is 5.69 Å². The third-order valence-electron chi connectivity index (χ3n) is 5.23. The van der Waals surface area contributed by atoms with Gasteiger partial charge in [0.15, 0.2) is 11.2 Å². The number of primary amides is 1. The average Bonchev–Trinajstić information content (AvgIpc) is 3.19. The molecule has 0 atom stereocenters. The largest absolute Gasteiger partial charge is 0.366 e. The number of hydrogen-bond donors (Lipinski definition) is 2. The van der Waals surface area contributed by atoms with Crippen LogP contribution in [0.25, 0.3) is 11.2 Å². The molecule has 0 bridgehead atoms. The minimum absolute atomic E-state index is 0.309. The SMILES string of the molecule is CCCCn1cnc2c1c(=O)n(CC(=O)Nc1ccc(C(N)=O)cc1)c(=O)n2CCCC. The second-order valence-corrected chi connectivity index (χ2v) is 7.63. The van der Waals surface area contributed by atoms with E-state index in [1.807, 2.05) is 6.92 Å². The molecule has 0 aliphatic heterocycles. The van der Waals surface area contributed by atoms with E-state index in [1.54, 1.807) is 10.9 Å². The van der Waals surface area contributed by atoms with Gasteiger partial charge in [-0.1, -0.05) is 26.7 Å². The van der Waals surface area contributed by atoms with Crippen LogP contribution in [-0.4, -0.2) is 30.5 Å². The molecule has 0 aliphatic rings. The number of carbonyl (C=O) groups is 2. The van der Waals surface area contributed by atoms with Crippen LogP contribution in [0.15, 0.2) is 40.2 Å². The highest BCUT2D eigenvalue weighted by Gasteiger charge is 2.19. The summed E-state index contributed by atoms with van der Waals surface area (Å²) >= 11 is 0. The second-order valence-electron chi connectivity index (χ2n) is 7.63. The predicted octanol–water partition coefficient (Wildman–Crippen LogP) is 1.70. The lowest BCUT2D eigenvalue weighted by Crippen LogP contribution is -2.43. The molecule has 0 saturated carbocycles. The number of anilines is 1. The number of aromatic nitrogens is 4. The Morgan fingerprint density at radius 3 is 2.28 bits per heavy atom. The van der Waals surface area contributed by atoms with Gasteiger partial charge < -0.3 is 15.6 Å². The fourth-order valence-corrected chi connectivity index (χ4v) is 3.46. The maximum Gasteiger partial charge on any atom is 0.333 e. The van der Waals surface area contributed by atoms with Crippen LogP contribution in [0.3, 0.4) is 0 Å². The van der Waals surface area contributed by atoms with E-state index in [2.05, 4.69) is 17.2 Å². The van der Waals surface area contributed by atoms with E-state index in [0.29, 0.717) is 35.5 Å². The van der Waals surface area contributed by atoms with Gasteiger partial charge in [0.2, 0.25) is 11.8 Å². The Balaban J connectivity index is 1.96. The highest BCUT2D eigenvalue weighted by Crippen LogP contribution is 2.11. The first-order valence-electron chi connectivity index (χ1n) is 10.8. The van der Waals surface area contributed by atoms with Gasteiger partial charge in [-0.05, 0) is 37.1 Å². The summed E-state index contributed by atoms with van der Waals surface area (Å²) in [5, 5.41) is 2.64. The second kappa shape index (κ2) is 10.1. The van der Waals surface area contributed by atoms with Gasteiger partial charge in [0, 0.05) is 24.3 Å². The highest BCUT2D eigenvalue weighted by molar-refractivity contribution is 5.94. The number of aryl methyl sites for hydroxylation is 2. The Hall–Kier alpha value is -3.69. The van der Waals surface area contributed by atoms with Crippen molar-refractivity contribution < 1.29 is 9.59 Å².